The predicted octanol–water partition coefficient (Wildman–Crippen LogP) is 6.99. The maximum atomic E-state index is 13.8. The molecule has 318 valence electrons. The number of nitrogens with zero attached hydrogens (tertiary/aromatic N) is 1. The fraction of sp³-hybridized carbons (Fsp3) is 0.500. The van der Waals surface area contributed by atoms with E-state index in [0.29, 0.717) is 87.0 Å². The topological polar surface area (TPSA) is 175 Å². The van der Waals surface area contributed by atoms with Gasteiger partial charge < -0.3 is 36.2 Å². The van der Waals surface area contributed by atoms with Crippen LogP contribution in [-0.4, -0.2) is 75.5 Å². The van der Waals surface area contributed by atoms with Gasteiger partial charge in [0.05, 0.1) is 19.3 Å². The van der Waals surface area contributed by atoms with Crippen LogP contribution in [0.4, 0.5) is 5.82 Å². The molecule has 0 amide bonds. The minimum Gasteiger partial charge on any atom is -0.504 e. The molecule has 1 aromatic heterocycles. The molecule has 2 heterocycles. The van der Waals surface area contributed by atoms with Crippen LogP contribution in [0.1, 0.15) is 111 Å². The minimum atomic E-state index is -0.955. The van der Waals surface area contributed by atoms with Crippen molar-refractivity contribution in [2.45, 2.75) is 114 Å². The Hall–Kier alpha value is -4.79. The molecular formula is C50H61N3O7. The number of anilines is 1. The largest absolute Gasteiger partial charge is 0.504 e. The van der Waals surface area contributed by atoms with Gasteiger partial charge in [0.1, 0.15) is 17.5 Å². The smallest absolute Gasteiger partial charge is 0.160 e. The van der Waals surface area contributed by atoms with Crippen molar-refractivity contribution in [3.8, 4) is 23.3 Å². The first kappa shape index (κ1) is 43.3. The number of methoxy groups -OCH3 is 1. The molecule has 60 heavy (non-hydrogen) atoms. The van der Waals surface area contributed by atoms with Crippen LogP contribution < -0.4 is 15.8 Å². The Kier molecular flexibility index (Phi) is 14.6. The molecule has 9 unspecified atom stereocenters. The number of aliphatic hydroxyl groups is 3. The van der Waals surface area contributed by atoms with E-state index in [1.807, 2.05) is 24.3 Å². The summed E-state index contributed by atoms with van der Waals surface area (Å²) >= 11 is 0. The third-order valence-electron chi connectivity index (χ3n) is 13.6. The summed E-state index contributed by atoms with van der Waals surface area (Å²) < 4.78 is 5.45. The Balaban J connectivity index is 1.06. The van der Waals surface area contributed by atoms with Crippen molar-refractivity contribution in [1.29, 1.82) is 0 Å². The maximum Gasteiger partial charge on any atom is 0.160 e. The van der Waals surface area contributed by atoms with Crippen molar-refractivity contribution in [3.05, 3.63) is 95.2 Å². The predicted molar refractivity (Wildman–Crippen MR) is 234 cm³/mol. The number of phenolic OH excluding ortho intramolecular Hbond substituents is 1. The highest BCUT2D eigenvalue weighted by Crippen LogP contribution is 2.40. The summed E-state index contributed by atoms with van der Waals surface area (Å²) in [5.74, 6) is 7.20. The molecule has 7 rings (SSSR count). The van der Waals surface area contributed by atoms with Crippen molar-refractivity contribution in [2.24, 2.45) is 23.7 Å². The Morgan fingerprint density at radius 3 is 2.55 bits per heavy atom. The SMILES string of the molecule is COc1cc2c(cc1O)C(CCC(O)CC(c1ccnc(N)c1)c1ccc3ccccc3c1)C#CC(C(O)CCCC(CCO)C1CNC3CC(=O)CCC3C1)C(=O)CC2. The minimum absolute atomic E-state index is 0.0181. The Morgan fingerprint density at radius 1 is 0.933 bits per heavy atom. The zero-order valence-electron chi connectivity index (χ0n) is 34.8. The van der Waals surface area contributed by atoms with Crippen LogP contribution in [0, 0.1) is 35.5 Å². The number of piperidine rings is 1. The van der Waals surface area contributed by atoms with Gasteiger partial charge in [-0.05, 0) is 139 Å². The zero-order chi connectivity index (χ0) is 42.2. The Bertz CT molecular complexity index is 2180. The molecule has 0 spiro atoms. The van der Waals surface area contributed by atoms with Gasteiger partial charge >= 0.3 is 0 Å². The average molecular weight is 816 g/mol. The van der Waals surface area contributed by atoms with E-state index in [4.69, 9.17) is 10.5 Å². The number of phenols is 1. The number of aliphatic hydroxyl groups excluding tert-OH is 3. The fourth-order valence-corrected chi connectivity index (χ4v) is 10.2. The van der Waals surface area contributed by atoms with Gasteiger partial charge in [0.15, 0.2) is 17.3 Å². The van der Waals surface area contributed by atoms with E-state index >= 15 is 0 Å². The first-order valence-electron chi connectivity index (χ1n) is 22.0. The molecule has 10 heteroatoms. The summed E-state index contributed by atoms with van der Waals surface area (Å²) in [6.07, 6.45) is 7.73. The zero-order valence-corrected chi connectivity index (χ0v) is 34.8. The van der Waals surface area contributed by atoms with Crippen LogP contribution in [0.25, 0.3) is 10.8 Å². The second-order valence-electron chi connectivity index (χ2n) is 17.5. The molecule has 10 nitrogen and oxygen atoms in total. The molecule has 7 N–H and O–H groups in total. The number of rotatable bonds is 16. The van der Waals surface area contributed by atoms with E-state index < -0.39 is 24.0 Å². The van der Waals surface area contributed by atoms with Gasteiger partial charge in [-0.1, -0.05) is 60.7 Å². The van der Waals surface area contributed by atoms with E-state index in [-0.39, 0.29) is 42.4 Å². The number of nitrogens with two attached hydrogens (primary N) is 1. The highest BCUT2D eigenvalue weighted by atomic mass is 16.5. The van der Waals surface area contributed by atoms with Crippen LogP contribution in [0.15, 0.2) is 72.9 Å². The monoisotopic (exact) mass is 815 g/mol. The molecule has 1 saturated heterocycles. The number of nitrogen functional groups attached to an aromatic ring is 1. The summed E-state index contributed by atoms with van der Waals surface area (Å²) in [5.41, 5.74) is 9.81. The van der Waals surface area contributed by atoms with Gasteiger partial charge in [-0.25, -0.2) is 4.98 Å². The molecule has 9 atom stereocenters. The van der Waals surface area contributed by atoms with Crippen molar-refractivity contribution < 1.29 is 34.8 Å². The molecule has 0 radical (unpaired) electrons. The lowest BCUT2D eigenvalue weighted by Crippen LogP contribution is -2.50. The number of carbonyl (C=O) groups excluding carboxylic acids is 2. The van der Waals surface area contributed by atoms with E-state index in [0.717, 1.165) is 58.8 Å². The number of hydrogen-bond donors (Lipinski definition) is 6. The number of hydrogen-bond acceptors (Lipinski definition) is 10. The number of ketones is 2. The summed E-state index contributed by atoms with van der Waals surface area (Å²) in [4.78, 5) is 30.0. The second kappa shape index (κ2) is 20.2. The maximum absolute atomic E-state index is 13.8. The number of carbonyl (C=O) groups is 2. The first-order valence-corrected chi connectivity index (χ1v) is 22.0. The van der Waals surface area contributed by atoms with Gasteiger partial charge in [0, 0.05) is 49.9 Å². The van der Waals surface area contributed by atoms with E-state index in [9.17, 15) is 30.0 Å². The normalized spacial score (nSPS) is 23.8. The number of ether oxygens (including phenoxy) is 1. The van der Waals surface area contributed by atoms with Crippen LogP contribution in [0.3, 0.4) is 0 Å². The van der Waals surface area contributed by atoms with E-state index in [2.05, 4.69) is 52.5 Å². The highest BCUT2D eigenvalue weighted by Gasteiger charge is 2.37. The number of benzene rings is 3. The van der Waals surface area contributed by atoms with E-state index in [1.165, 1.54) is 7.11 Å². The lowest BCUT2D eigenvalue weighted by molar-refractivity contribution is -0.124. The van der Waals surface area contributed by atoms with Gasteiger partial charge in [-0.2, -0.15) is 0 Å². The van der Waals surface area contributed by atoms with Crippen molar-refractivity contribution in [2.75, 3.05) is 26.0 Å². The van der Waals surface area contributed by atoms with Gasteiger partial charge in [0.2, 0.25) is 0 Å². The highest BCUT2D eigenvalue weighted by molar-refractivity contribution is 5.85. The van der Waals surface area contributed by atoms with E-state index in [1.54, 1.807) is 18.3 Å². The standard InChI is InChI=1S/C50H61N3O7/c1-60-49-25-36-14-18-47(58)42(46(57)8-4-7-32(20-22-54)39-24-38-12-16-41(56)28-45(38)53-30-39)17-13-33(44(36)29-48(49)59)11-15-40(55)27-43(37-19-21-52-50(51)26-37)35-10-9-31-5-2-3-6-34(31)23-35/h2-3,5-6,9-10,19,21,23,25-26,29,32-33,38-40,42-43,45-46,53-55,57,59H,4,7-8,11-12,14-16,18,20,22,24,27-28,30H2,1H3,(H2,51,52). The first-order chi connectivity index (χ1) is 29.1. The summed E-state index contributed by atoms with van der Waals surface area (Å²) in [7, 11) is 1.49. The van der Waals surface area contributed by atoms with Crippen LogP contribution >= 0.6 is 0 Å². The van der Waals surface area contributed by atoms with Crippen molar-refractivity contribution in [3.63, 3.8) is 0 Å². The van der Waals surface area contributed by atoms with Crippen LogP contribution in [0.2, 0.25) is 0 Å². The Morgan fingerprint density at radius 2 is 1.75 bits per heavy atom. The molecule has 3 aliphatic rings. The lowest BCUT2D eigenvalue weighted by atomic mass is 9.71. The molecule has 1 aliphatic heterocycles. The molecule has 1 saturated carbocycles. The molecular weight excluding hydrogens is 755 g/mol. The third-order valence-corrected chi connectivity index (χ3v) is 13.6. The Labute approximate surface area is 354 Å². The molecule has 3 aromatic carbocycles. The third kappa shape index (κ3) is 10.6. The lowest BCUT2D eigenvalue weighted by Gasteiger charge is -2.42. The average Bonchev–Trinajstić information content (AvgIpc) is 3.31. The molecule has 4 aromatic rings. The van der Waals surface area contributed by atoms with Gasteiger partial charge in [0.25, 0.3) is 0 Å². The number of pyridine rings is 1. The molecule has 2 aliphatic carbocycles. The summed E-state index contributed by atoms with van der Waals surface area (Å²) in [6, 6.07) is 22.1. The number of nitrogens with one attached hydrogen (secondary N) is 1. The number of aryl methyl sites for hydroxylation is 1. The summed E-state index contributed by atoms with van der Waals surface area (Å²) in [5, 5.41) is 50.1. The van der Waals surface area contributed by atoms with Gasteiger partial charge in [-0.3, -0.25) is 9.59 Å². The molecule has 2 fully saturated rings. The summed E-state index contributed by atoms with van der Waals surface area (Å²) in [6.45, 7) is 0.927. The van der Waals surface area contributed by atoms with Crippen molar-refractivity contribution in [1.82, 2.24) is 10.3 Å². The number of aromatic nitrogens is 1. The second-order valence-corrected chi connectivity index (χ2v) is 17.5. The van der Waals surface area contributed by atoms with Crippen molar-refractivity contribution >= 4 is 28.2 Å². The quantitative estimate of drug-likeness (QED) is 0.0647. The number of fused-ring (bicyclic) bond motifs is 3. The molecule has 0 bridgehead atoms. The fourth-order valence-electron chi connectivity index (χ4n) is 10.2. The number of aromatic hydroxyl groups is 1. The van der Waals surface area contributed by atoms with Crippen LogP contribution in [-0.2, 0) is 16.0 Å². The number of Topliss-reactive ketones (excluding diaryl/α,β-unsaturated/α-hetero) is 2. The van der Waals surface area contributed by atoms with Gasteiger partial charge in [-0.15, -0.1) is 0 Å². The van der Waals surface area contributed by atoms with Crippen LogP contribution in [0.5, 0.6) is 11.5 Å².